The SMILES string of the molecule is CC1(CC(=O)O)C2CC3CC1CC(C2)C3O. The molecule has 0 unspecified atom stereocenters. The highest BCUT2D eigenvalue weighted by Gasteiger charge is 2.58. The number of aliphatic carboxylic acids is 1. The molecule has 90 valence electrons. The van der Waals surface area contributed by atoms with Crippen LogP contribution in [0, 0.1) is 29.1 Å². The number of hydrogen-bond donors (Lipinski definition) is 2. The zero-order chi connectivity index (χ0) is 11.5. The number of aliphatic hydroxyl groups is 1. The van der Waals surface area contributed by atoms with Crippen LogP contribution < -0.4 is 0 Å². The average Bonchev–Trinajstić information content (AvgIpc) is 2.13. The van der Waals surface area contributed by atoms with Gasteiger partial charge in [0.1, 0.15) is 0 Å². The lowest BCUT2D eigenvalue weighted by Crippen LogP contribution is -2.57. The quantitative estimate of drug-likeness (QED) is 0.753. The Kier molecular flexibility index (Phi) is 2.13. The minimum atomic E-state index is -0.657. The summed E-state index contributed by atoms with van der Waals surface area (Å²) in [5.41, 5.74) is -0.00102. The Hall–Kier alpha value is -0.570. The summed E-state index contributed by atoms with van der Waals surface area (Å²) in [6, 6.07) is 0. The van der Waals surface area contributed by atoms with Crippen LogP contribution in [-0.2, 0) is 4.79 Å². The van der Waals surface area contributed by atoms with Crippen molar-refractivity contribution in [1.29, 1.82) is 0 Å². The lowest BCUT2D eigenvalue weighted by molar-refractivity contribution is -0.172. The second-order valence-electron chi connectivity index (χ2n) is 6.42. The number of aliphatic hydroxyl groups excluding tert-OH is 1. The van der Waals surface area contributed by atoms with Gasteiger partial charge < -0.3 is 10.2 Å². The van der Waals surface area contributed by atoms with Crippen molar-refractivity contribution < 1.29 is 15.0 Å². The predicted octanol–water partition coefficient (Wildman–Crippen LogP) is 1.89. The van der Waals surface area contributed by atoms with E-state index in [0.717, 1.165) is 25.7 Å². The second-order valence-corrected chi connectivity index (χ2v) is 6.42. The van der Waals surface area contributed by atoms with E-state index in [0.29, 0.717) is 30.1 Å². The van der Waals surface area contributed by atoms with Crippen molar-refractivity contribution in [3.63, 3.8) is 0 Å². The Balaban J connectivity index is 1.87. The molecule has 4 fully saturated rings. The lowest BCUT2D eigenvalue weighted by Gasteiger charge is -2.61. The number of carbonyl (C=O) groups is 1. The Morgan fingerprint density at radius 3 is 2.00 bits per heavy atom. The van der Waals surface area contributed by atoms with Gasteiger partial charge in [-0.05, 0) is 54.8 Å². The molecule has 0 aromatic carbocycles. The van der Waals surface area contributed by atoms with E-state index in [1.165, 1.54) is 0 Å². The van der Waals surface area contributed by atoms with Gasteiger partial charge >= 0.3 is 5.97 Å². The van der Waals surface area contributed by atoms with Gasteiger partial charge in [-0.25, -0.2) is 0 Å². The third kappa shape index (κ3) is 1.27. The van der Waals surface area contributed by atoms with Crippen LogP contribution in [0.2, 0.25) is 0 Å². The maximum atomic E-state index is 11.0. The molecule has 0 heterocycles. The van der Waals surface area contributed by atoms with Crippen molar-refractivity contribution >= 4 is 5.97 Å². The fraction of sp³-hybridized carbons (Fsp3) is 0.923. The predicted molar refractivity (Wildman–Crippen MR) is 58.8 cm³/mol. The fourth-order valence-electron chi connectivity index (χ4n) is 4.81. The molecule has 3 heteroatoms. The standard InChI is InChI=1S/C13H20O3/c1-13(6-11(14)15)9-2-7-3-10(13)5-8(4-9)12(7)16/h7-10,12,16H,2-6H2,1H3,(H,14,15). The van der Waals surface area contributed by atoms with Crippen LogP contribution in [0.3, 0.4) is 0 Å². The van der Waals surface area contributed by atoms with E-state index in [9.17, 15) is 9.90 Å². The van der Waals surface area contributed by atoms with Gasteiger partial charge in [0, 0.05) is 0 Å². The smallest absolute Gasteiger partial charge is 0.303 e. The van der Waals surface area contributed by atoms with Crippen LogP contribution >= 0.6 is 0 Å². The third-order valence-corrected chi connectivity index (χ3v) is 5.71. The van der Waals surface area contributed by atoms with Crippen molar-refractivity contribution in [3.8, 4) is 0 Å². The molecule has 16 heavy (non-hydrogen) atoms. The van der Waals surface area contributed by atoms with Crippen LogP contribution in [0.1, 0.15) is 39.0 Å². The summed E-state index contributed by atoms with van der Waals surface area (Å²) in [7, 11) is 0. The van der Waals surface area contributed by atoms with Crippen molar-refractivity contribution in [1.82, 2.24) is 0 Å². The monoisotopic (exact) mass is 224 g/mol. The van der Waals surface area contributed by atoms with Crippen LogP contribution in [0.15, 0.2) is 0 Å². The van der Waals surface area contributed by atoms with E-state index in [1.54, 1.807) is 0 Å². The largest absolute Gasteiger partial charge is 0.481 e. The highest BCUT2D eigenvalue weighted by molar-refractivity contribution is 5.67. The van der Waals surface area contributed by atoms with E-state index in [2.05, 4.69) is 6.92 Å². The average molecular weight is 224 g/mol. The van der Waals surface area contributed by atoms with Gasteiger partial charge in [-0.3, -0.25) is 4.79 Å². The van der Waals surface area contributed by atoms with Gasteiger partial charge in [-0.2, -0.15) is 0 Å². The van der Waals surface area contributed by atoms with Crippen molar-refractivity contribution in [2.45, 2.75) is 45.1 Å². The highest BCUT2D eigenvalue weighted by atomic mass is 16.4. The number of rotatable bonds is 2. The molecule has 2 N–H and O–H groups in total. The minimum absolute atomic E-state index is 0.00102. The molecule has 4 aliphatic rings. The summed E-state index contributed by atoms with van der Waals surface area (Å²) < 4.78 is 0. The molecule has 0 atom stereocenters. The van der Waals surface area contributed by atoms with E-state index >= 15 is 0 Å². The number of carboxylic acid groups (broad SMARTS) is 1. The molecule has 0 saturated heterocycles. The normalized spacial score (nSPS) is 54.2. The lowest BCUT2D eigenvalue weighted by atomic mass is 9.44. The molecule has 4 rings (SSSR count). The molecule has 0 amide bonds. The number of carboxylic acids is 1. The first kappa shape index (κ1) is 10.6. The summed E-state index contributed by atoms with van der Waals surface area (Å²) in [5, 5.41) is 19.1. The highest BCUT2D eigenvalue weighted by Crippen LogP contribution is 2.63. The molecular weight excluding hydrogens is 204 g/mol. The molecular formula is C13H20O3. The van der Waals surface area contributed by atoms with Crippen LogP contribution in [0.25, 0.3) is 0 Å². The first-order valence-corrected chi connectivity index (χ1v) is 6.40. The van der Waals surface area contributed by atoms with Crippen molar-refractivity contribution in [2.24, 2.45) is 29.1 Å². The van der Waals surface area contributed by atoms with Crippen molar-refractivity contribution in [3.05, 3.63) is 0 Å². The van der Waals surface area contributed by atoms with E-state index in [-0.39, 0.29) is 11.5 Å². The molecule has 3 nitrogen and oxygen atoms in total. The van der Waals surface area contributed by atoms with Crippen LogP contribution in [-0.4, -0.2) is 22.3 Å². The molecule has 0 radical (unpaired) electrons. The fourth-order valence-corrected chi connectivity index (χ4v) is 4.81. The zero-order valence-corrected chi connectivity index (χ0v) is 9.72. The van der Waals surface area contributed by atoms with Gasteiger partial charge in [0.05, 0.1) is 12.5 Å². The van der Waals surface area contributed by atoms with Gasteiger partial charge in [0.2, 0.25) is 0 Å². The van der Waals surface area contributed by atoms with Crippen molar-refractivity contribution in [2.75, 3.05) is 0 Å². The van der Waals surface area contributed by atoms with Gasteiger partial charge in [-0.15, -0.1) is 0 Å². The first-order chi connectivity index (χ1) is 7.50. The molecule has 4 aliphatic carbocycles. The Morgan fingerprint density at radius 2 is 1.62 bits per heavy atom. The maximum absolute atomic E-state index is 11.0. The summed E-state index contributed by atoms with van der Waals surface area (Å²) >= 11 is 0. The molecule has 0 aromatic heterocycles. The summed E-state index contributed by atoms with van der Waals surface area (Å²) in [6.45, 7) is 2.17. The van der Waals surface area contributed by atoms with Crippen LogP contribution in [0.4, 0.5) is 0 Å². The van der Waals surface area contributed by atoms with Gasteiger partial charge in [-0.1, -0.05) is 6.92 Å². The Labute approximate surface area is 95.9 Å². The molecule has 0 aromatic rings. The zero-order valence-electron chi connectivity index (χ0n) is 9.72. The Morgan fingerprint density at radius 1 is 1.19 bits per heavy atom. The van der Waals surface area contributed by atoms with Gasteiger partial charge in [0.25, 0.3) is 0 Å². The first-order valence-electron chi connectivity index (χ1n) is 6.40. The Bertz CT molecular complexity index is 293. The molecule has 0 spiro atoms. The third-order valence-electron chi connectivity index (χ3n) is 5.71. The summed E-state index contributed by atoms with van der Waals surface area (Å²) in [6.07, 6.45) is 4.44. The maximum Gasteiger partial charge on any atom is 0.303 e. The van der Waals surface area contributed by atoms with Gasteiger partial charge in [0.15, 0.2) is 0 Å². The molecule has 4 saturated carbocycles. The second kappa shape index (κ2) is 3.22. The van der Waals surface area contributed by atoms with E-state index in [1.807, 2.05) is 0 Å². The molecule has 4 bridgehead atoms. The van der Waals surface area contributed by atoms with Crippen LogP contribution in [0.5, 0.6) is 0 Å². The van der Waals surface area contributed by atoms with E-state index in [4.69, 9.17) is 5.11 Å². The minimum Gasteiger partial charge on any atom is -0.481 e. The number of hydrogen-bond acceptors (Lipinski definition) is 2. The summed E-state index contributed by atoms with van der Waals surface area (Å²) in [5.74, 6) is 1.34. The summed E-state index contributed by atoms with van der Waals surface area (Å²) in [4.78, 5) is 11.0. The molecule has 0 aliphatic heterocycles. The van der Waals surface area contributed by atoms with E-state index < -0.39 is 5.97 Å². The topological polar surface area (TPSA) is 57.5 Å².